The van der Waals surface area contributed by atoms with Gasteiger partial charge in [-0.25, -0.2) is 0 Å². The average Bonchev–Trinajstić information content (AvgIpc) is 2.59. The van der Waals surface area contributed by atoms with E-state index in [0.717, 1.165) is 18.7 Å². The summed E-state index contributed by atoms with van der Waals surface area (Å²) in [6.07, 6.45) is 4.50. The van der Waals surface area contributed by atoms with Crippen molar-refractivity contribution < 1.29 is 9.53 Å². The van der Waals surface area contributed by atoms with E-state index in [-0.39, 0.29) is 11.3 Å². The summed E-state index contributed by atoms with van der Waals surface area (Å²) in [5, 5.41) is 2.99. The normalized spacial score (nSPS) is 17.1. The number of amides is 1. The molecule has 0 aromatic heterocycles. The number of ether oxygens (including phenoxy) is 1. The van der Waals surface area contributed by atoms with Crippen LogP contribution < -0.4 is 10.1 Å². The van der Waals surface area contributed by atoms with Gasteiger partial charge in [-0.1, -0.05) is 39.3 Å². The first-order valence-corrected chi connectivity index (χ1v) is 9.63. The van der Waals surface area contributed by atoms with Crippen LogP contribution in [0.2, 0.25) is 0 Å². The second-order valence-corrected chi connectivity index (χ2v) is 8.08. The van der Waals surface area contributed by atoms with Gasteiger partial charge >= 0.3 is 0 Å². The summed E-state index contributed by atoms with van der Waals surface area (Å²) in [7, 11) is 0. The zero-order valence-corrected chi connectivity index (χ0v) is 16.3. The third-order valence-electron chi connectivity index (χ3n) is 4.80. The van der Waals surface area contributed by atoms with Crippen LogP contribution in [0.1, 0.15) is 58.9 Å². The van der Waals surface area contributed by atoms with Crippen LogP contribution in [0.3, 0.4) is 0 Å². The molecule has 1 aliphatic rings. The Bertz CT molecular complexity index is 528. The summed E-state index contributed by atoms with van der Waals surface area (Å²) < 4.78 is 5.77. The van der Waals surface area contributed by atoms with E-state index in [9.17, 15) is 4.79 Å². The molecule has 0 bridgehead atoms. The molecule has 1 amide bonds. The third-order valence-corrected chi connectivity index (χ3v) is 4.80. The van der Waals surface area contributed by atoms with Gasteiger partial charge in [0.05, 0.1) is 0 Å². The van der Waals surface area contributed by atoms with E-state index < -0.39 is 6.10 Å². The van der Waals surface area contributed by atoms with Gasteiger partial charge in [0, 0.05) is 6.54 Å². The van der Waals surface area contributed by atoms with E-state index in [1.165, 1.54) is 37.9 Å². The van der Waals surface area contributed by atoms with Gasteiger partial charge in [0.1, 0.15) is 5.75 Å². The standard InChI is InChI=1S/C21H34N2O2/c1-17(25-19-11-9-18(10-12-19)21(2,3)4)20(24)22-13-8-16-23-14-6-5-7-15-23/h9-12,17H,5-8,13-16H2,1-4H3,(H,22,24). The highest BCUT2D eigenvalue weighted by Crippen LogP contribution is 2.24. The van der Waals surface area contributed by atoms with Crippen molar-refractivity contribution in [3.8, 4) is 5.75 Å². The zero-order chi connectivity index (χ0) is 18.3. The molecule has 1 aliphatic heterocycles. The Morgan fingerprint density at radius 2 is 1.80 bits per heavy atom. The predicted molar refractivity (Wildman–Crippen MR) is 103 cm³/mol. The van der Waals surface area contributed by atoms with Gasteiger partial charge in [-0.3, -0.25) is 4.79 Å². The molecule has 1 saturated heterocycles. The molecule has 1 aromatic rings. The summed E-state index contributed by atoms with van der Waals surface area (Å²) in [6.45, 7) is 12.6. The first-order valence-electron chi connectivity index (χ1n) is 9.63. The molecule has 1 heterocycles. The quantitative estimate of drug-likeness (QED) is 0.765. The summed E-state index contributed by atoms with van der Waals surface area (Å²) in [6, 6.07) is 8.03. The number of hydrogen-bond acceptors (Lipinski definition) is 3. The lowest BCUT2D eigenvalue weighted by Gasteiger charge is -2.26. The van der Waals surface area contributed by atoms with Crippen LogP contribution in [0.4, 0.5) is 0 Å². The lowest BCUT2D eigenvalue weighted by molar-refractivity contribution is -0.127. The maximum Gasteiger partial charge on any atom is 0.260 e. The summed E-state index contributed by atoms with van der Waals surface area (Å²) in [5.41, 5.74) is 1.38. The summed E-state index contributed by atoms with van der Waals surface area (Å²) in [5.74, 6) is 0.697. The molecule has 1 unspecified atom stereocenters. The van der Waals surface area contributed by atoms with Gasteiger partial charge in [0.2, 0.25) is 0 Å². The highest BCUT2D eigenvalue weighted by Gasteiger charge is 2.16. The molecule has 1 aromatic carbocycles. The summed E-state index contributed by atoms with van der Waals surface area (Å²) in [4.78, 5) is 14.7. The van der Waals surface area contributed by atoms with Crippen LogP contribution in [-0.2, 0) is 10.2 Å². The highest BCUT2D eigenvalue weighted by atomic mass is 16.5. The Labute approximate surface area is 152 Å². The van der Waals surface area contributed by atoms with Crippen LogP contribution in [-0.4, -0.2) is 43.1 Å². The Balaban J connectivity index is 1.69. The minimum absolute atomic E-state index is 0.0430. The maximum atomic E-state index is 12.2. The van der Waals surface area contributed by atoms with Crippen LogP contribution in [0.15, 0.2) is 24.3 Å². The third kappa shape index (κ3) is 6.69. The van der Waals surface area contributed by atoms with Crippen LogP contribution >= 0.6 is 0 Å². The lowest BCUT2D eigenvalue weighted by atomic mass is 9.87. The van der Waals surface area contributed by atoms with Crippen molar-refractivity contribution in [3.05, 3.63) is 29.8 Å². The molecule has 4 nitrogen and oxygen atoms in total. The molecule has 4 heteroatoms. The fourth-order valence-electron chi connectivity index (χ4n) is 3.13. The second kappa shape index (κ2) is 9.23. The monoisotopic (exact) mass is 346 g/mol. The molecule has 1 N–H and O–H groups in total. The Kier molecular flexibility index (Phi) is 7.30. The van der Waals surface area contributed by atoms with Crippen molar-refractivity contribution in [2.75, 3.05) is 26.2 Å². The molecular formula is C21H34N2O2. The van der Waals surface area contributed by atoms with E-state index in [1.54, 1.807) is 6.92 Å². The van der Waals surface area contributed by atoms with Crippen LogP contribution in [0, 0.1) is 0 Å². The van der Waals surface area contributed by atoms with Crippen LogP contribution in [0.5, 0.6) is 5.75 Å². The average molecular weight is 347 g/mol. The molecule has 1 fully saturated rings. The number of carbonyl (C=O) groups excluding carboxylic acids is 1. The summed E-state index contributed by atoms with van der Waals surface area (Å²) >= 11 is 0. The van der Waals surface area contributed by atoms with E-state index in [1.807, 2.05) is 12.1 Å². The molecule has 0 aliphatic carbocycles. The lowest BCUT2D eigenvalue weighted by Crippen LogP contribution is -2.38. The smallest absolute Gasteiger partial charge is 0.260 e. The molecule has 1 atom stereocenters. The number of nitrogens with one attached hydrogen (secondary N) is 1. The van der Waals surface area contributed by atoms with E-state index in [4.69, 9.17) is 4.74 Å². The number of piperidine rings is 1. The van der Waals surface area contributed by atoms with Gasteiger partial charge in [-0.2, -0.15) is 0 Å². The van der Waals surface area contributed by atoms with Crippen molar-refractivity contribution in [1.29, 1.82) is 0 Å². The van der Waals surface area contributed by atoms with Gasteiger partial charge in [-0.15, -0.1) is 0 Å². The molecule has 2 rings (SSSR count). The van der Waals surface area contributed by atoms with Crippen molar-refractivity contribution in [2.45, 2.75) is 64.9 Å². The molecular weight excluding hydrogens is 312 g/mol. The fourth-order valence-corrected chi connectivity index (χ4v) is 3.13. The Morgan fingerprint density at radius 3 is 2.40 bits per heavy atom. The highest BCUT2D eigenvalue weighted by molar-refractivity contribution is 5.80. The van der Waals surface area contributed by atoms with E-state index in [0.29, 0.717) is 6.54 Å². The molecule has 0 spiro atoms. The minimum atomic E-state index is -0.476. The molecule has 140 valence electrons. The first kappa shape index (κ1) is 19.8. The zero-order valence-electron chi connectivity index (χ0n) is 16.3. The number of rotatable bonds is 7. The number of likely N-dealkylation sites (tertiary alicyclic amines) is 1. The van der Waals surface area contributed by atoms with Gasteiger partial charge in [-0.05, 0) is 68.9 Å². The van der Waals surface area contributed by atoms with E-state index >= 15 is 0 Å². The van der Waals surface area contributed by atoms with Gasteiger partial charge < -0.3 is 15.0 Å². The van der Waals surface area contributed by atoms with Crippen molar-refractivity contribution in [3.63, 3.8) is 0 Å². The molecule has 25 heavy (non-hydrogen) atoms. The van der Waals surface area contributed by atoms with Gasteiger partial charge in [0.25, 0.3) is 5.91 Å². The first-order chi connectivity index (χ1) is 11.9. The topological polar surface area (TPSA) is 41.6 Å². The Hall–Kier alpha value is -1.55. The number of benzene rings is 1. The van der Waals surface area contributed by atoms with Crippen molar-refractivity contribution in [1.82, 2.24) is 10.2 Å². The largest absolute Gasteiger partial charge is 0.481 e. The maximum absolute atomic E-state index is 12.2. The van der Waals surface area contributed by atoms with Crippen molar-refractivity contribution >= 4 is 5.91 Å². The molecule has 0 radical (unpaired) electrons. The fraction of sp³-hybridized carbons (Fsp3) is 0.667. The number of hydrogen-bond donors (Lipinski definition) is 1. The Morgan fingerprint density at radius 1 is 1.16 bits per heavy atom. The number of nitrogens with zero attached hydrogens (tertiary/aromatic N) is 1. The number of carbonyl (C=O) groups is 1. The van der Waals surface area contributed by atoms with Crippen LogP contribution in [0.25, 0.3) is 0 Å². The molecule has 0 saturated carbocycles. The van der Waals surface area contributed by atoms with Crippen molar-refractivity contribution in [2.24, 2.45) is 0 Å². The van der Waals surface area contributed by atoms with E-state index in [2.05, 4.69) is 43.1 Å². The van der Waals surface area contributed by atoms with Gasteiger partial charge in [0.15, 0.2) is 6.10 Å². The second-order valence-electron chi connectivity index (χ2n) is 8.08. The SMILES string of the molecule is CC(Oc1ccc(C(C)(C)C)cc1)C(=O)NCCCN1CCCCC1. The minimum Gasteiger partial charge on any atom is -0.481 e. The predicted octanol–water partition coefficient (Wildman–Crippen LogP) is 3.74.